The number of nitrogens with one attached hydrogen (secondary N) is 1. The van der Waals surface area contributed by atoms with Gasteiger partial charge in [-0.1, -0.05) is 19.3 Å². The van der Waals surface area contributed by atoms with Crippen molar-refractivity contribution in [1.29, 1.82) is 0 Å². The smallest absolute Gasteiger partial charge is 0.321 e. The lowest BCUT2D eigenvalue weighted by Gasteiger charge is -2.25. The summed E-state index contributed by atoms with van der Waals surface area (Å²) >= 11 is 0. The van der Waals surface area contributed by atoms with Gasteiger partial charge in [-0.2, -0.15) is 0 Å². The summed E-state index contributed by atoms with van der Waals surface area (Å²) in [6, 6.07) is 4.74. The monoisotopic (exact) mass is 305 g/mol. The highest BCUT2D eigenvalue weighted by Gasteiger charge is 2.16. The Morgan fingerprint density at radius 2 is 1.77 bits per heavy atom. The Hall–Kier alpha value is -2.24. The highest BCUT2D eigenvalue weighted by Crippen LogP contribution is 2.22. The third-order valence-corrected chi connectivity index (χ3v) is 3.86. The van der Waals surface area contributed by atoms with Gasteiger partial charge in [-0.25, -0.2) is 4.79 Å². The molecule has 1 aromatic rings. The second-order valence-corrected chi connectivity index (χ2v) is 5.46. The molecule has 0 aliphatic carbocycles. The Labute approximate surface area is 130 Å². The molecule has 1 aromatic carbocycles. The van der Waals surface area contributed by atoms with Gasteiger partial charge in [0, 0.05) is 18.8 Å². The van der Waals surface area contributed by atoms with E-state index >= 15 is 0 Å². The summed E-state index contributed by atoms with van der Waals surface area (Å²) in [4.78, 5) is 25.6. The van der Waals surface area contributed by atoms with E-state index in [1.54, 1.807) is 18.2 Å². The summed E-state index contributed by atoms with van der Waals surface area (Å²) in [7, 11) is 1.47. The van der Waals surface area contributed by atoms with Crippen LogP contribution in [0.15, 0.2) is 18.2 Å². The van der Waals surface area contributed by atoms with Crippen molar-refractivity contribution in [2.75, 3.05) is 25.5 Å². The van der Waals surface area contributed by atoms with E-state index in [2.05, 4.69) is 5.32 Å². The molecule has 22 heavy (non-hydrogen) atoms. The normalized spacial score (nSPS) is 15.6. The minimum Gasteiger partial charge on any atom is -0.496 e. The summed E-state index contributed by atoms with van der Waals surface area (Å²) in [5, 5.41) is 2.83. The standard InChI is InChI=1S/C16H23N3O3/c1-22-14-8-7-12(11-13(14)15(17)20)18-16(21)19-9-5-3-2-4-6-10-19/h7-8,11H,2-6,9-10H2,1H3,(H2,17,20)(H,18,21). The topological polar surface area (TPSA) is 84.7 Å². The van der Waals surface area contributed by atoms with Crippen LogP contribution in [0, 0.1) is 0 Å². The average molecular weight is 305 g/mol. The number of urea groups is 1. The van der Waals surface area contributed by atoms with Crippen LogP contribution < -0.4 is 15.8 Å². The van der Waals surface area contributed by atoms with E-state index in [-0.39, 0.29) is 11.6 Å². The zero-order valence-electron chi connectivity index (χ0n) is 12.9. The fraction of sp³-hybridized carbons (Fsp3) is 0.500. The first-order chi connectivity index (χ1) is 10.6. The average Bonchev–Trinajstić information content (AvgIpc) is 2.46. The molecule has 0 radical (unpaired) electrons. The van der Waals surface area contributed by atoms with Crippen LogP contribution in [-0.2, 0) is 0 Å². The SMILES string of the molecule is COc1ccc(NC(=O)N2CCCCCCC2)cc1C(N)=O. The van der Waals surface area contributed by atoms with Gasteiger partial charge in [0.05, 0.1) is 12.7 Å². The van der Waals surface area contributed by atoms with Gasteiger partial charge in [0.25, 0.3) is 5.91 Å². The maximum Gasteiger partial charge on any atom is 0.321 e. The zero-order valence-corrected chi connectivity index (χ0v) is 12.9. The number of carbonyl (C=O) groups is 2. The Morgan fingerprint density at radius 1 is 1.14 bits per heavy atom. The van der Waals surface area contributed by atoms with Crippen molar-refractivity contribution in [2.45, 2.75) is 32.1 Å². The van der Waals surface area contributed by atoms with Gasteiger partial charge in [-0.05, 0) is 31.0 Å². The molecule has 0 saturated carbocycles. The van der Waals surface area contributed by atoms with E-state index in [1.165, 1.54) is 13.5 Å². The van der Waals surface area contributed by atoms with Crippen molar-refractivity contribution in [3.05, 3.63) is 23.8 Å². The molecule has 0 atom stereocenters. The molecule has 6 nitrogen and oxygen atoms in total. The van der Waals surface area contributed by atoms with Crippen LogP contribution in [0.4, 0.5) is 10.5 Å². The molecule has 1 fully saturated rings. The van der Waals surface area contributed by atoms with E-state index < -0.39 is 5.91 Å². The van der Waals surface area contributed by atoms with E-state index in [1.807, 2.05) is 4.90 Å². The Kier molecular flexibility index (Phi) is 5.63. The summed E-state index contributed by atoms with van der Waals surface area (Å²) in [5.74, 6) is -0.184. The number of nitrogens with zero attached hydrogens (tertiary/aromatic N) is 1. The van der Waals surface area contributed by atoms with Crippen LogP contribution in [-0.4, -0.2) is 37.0 Å². The van der Waals surface area contributed by atoms with Gasteiger partial charge < -0.3 is 20.7 Å². The van der Waals surface area contributed by atoms with Crippen LogP contribution in [0.3, 0.4) is 0 Å². The number of methoxy groups -OCH3 is 1. The number of carbonyl (C=O) groups excluding carboxylic acids is 2. The highest BCUT2D eigenvalue weighted by molar-refractivity contribution is 5.98. The number of anilines is 1. The molecule has 0 aromatic heterocycles. The molecular weight excluding hydrogens is 282 g/mol. The predicted molar refractivity (Wildman–Crippen MR) is 85.2 cm³/mol. The quantitative estimate of drug-likeness (QED) is 0.900. The molecule has 1 aliphatic rings. The zero-order chi connectivity index (χ0) is 15.9. The van der Waals surface area contributed by atoms with Gasteiger partial charge in [-0.3, -0.25) is 4.79 Å². The molecule has 3 N–H and O–H groups in total. The number of nitrogens with two attached hydrogens (primary N) is 1. The molecular formula is C16H23N3O3. The van der Waals surface area contributed by atoms with Crippen LogP contribution >= 0.6 is 0 Å². The first kappa shape index (κ1) is 16.1. The number of hydrogen-bond acceptors (Lipinski definition) is 3. The third kappa shape index (κ3) is 4.13. The minimum atomic E-state index is -0.584. The first-order valence-corrected chi connectivity index (χ1v) is 7.65. The Balaban J connectivity index is 2.07. The third-order valence-electron chi connectivity index (χ3n) is 3.86. The van der Waals surface area contributed by atoms with E-state index in [0.717, 1.165) is 38.8 Å². The molecule has 0 spiro atoms. The second kappa shape index (κ2) is 7.68. The lowest BCUT2D eigenvalue weighted by molar-refractivity contribution is 0.0997. The minimum absolute atomic E-state index is 0.137. The van der Waals surface area contributed by atoms with Crippen molar-refractivity contribution in [1.82, 2.24) is 4.90 Å². The lowest BCUT2D eigenvalue weighted by atomic mass is 10.1. The van der Waals surface area contributed by atoms with Gasteiger partial charge >= 0.3 is 6.03 Å². The van der Waals surface area contributed by atoms with Gasteiger partial charge in [0.2, 0.25) is 0 Å². The molecule has 0 unspecified atom stereocenters. The maximum atomic E-state index is 12.3. The van der Waals surface area contributed by atoms with Crippen LogP contribution in [0.25, 0.3) is 0 Å². The Morgan fingerprint density at radius 3 is 2.36 bits per heavy atom. The molecule has 3 amide bonds. The molecule has 1 saturated heterocycles. The van der Waals surface area contributed by atoms with Crippen molar-refractivity contribution >= 4 is 17.6 Å². The maximum absolute atomic E-state index is 12.3. The van der Waals surface area contributed by atoms with Crippen LogP contribution in [0.5, 0.6) is 5.75 Å². The fourth-order valence-electron chi connectivity index (χ4n) is 2.63. The lowest BCUT2D eigenvalue weighted by Crippen LogP contribution is -2.37. The number of benzene rings is 1. The highest BCUT2D eigenvalue weighted by atomic mass is 16.5. The predicted octanol–water partition coefficient (Wildman–Crippen LogP) is 2.59. The second-order valence-electron chi connectivity index (χ2n) is 5.46. The number of hydrogen-bond donors (Lipinski definition) is 2. The molecule has 1 heterocycles. The van der Waals surface area contributed by atoms with E-state index in [4.69, 9.17) is 10.5 Å². The summed E-state index contributed by atoms with van der Waals surface area (Å²) in [5.41, 5.74) is 6.13. The number of rotatable bonds is 3. The van der Waals surface area contributed by atoms with Crippen LogP contribution in [0.1, 0.15) is 42.5 Å². The van der Waals surface area contributed by atoms with E-state index in [0.29, 0.717) is 11.4 Å². The van der Waals surface area contributed by atoms with Crippen molar-refractivity contribution < 1.29 is 14.3 Å². The van der Waals surface area contributed by atoms with Crippen molar-refractivity contribution in [3.8, 4) is 5.75 Å². The molecule has 120 valence electrons. The number of primary amides is 1. The summed E-state index contributed by atoms with van der Waals surface area (Å²) < 4.78 is 5.09. The van der Waals surface area contributed by atoms with E-state index in [9.17, 15) is 9.59 Å². The summed E-state index contributed by atoms with van der Waals surface area (Å²) in [6.07, 6.45) is 5.64. The number of amides is 3. The number of ether oxygens (including phenoxy) is 1. The fourth-order valence-corrected chi connectivity index (χ4v) is 2.63. The van der Waals surface area contributed by atoms with Crippen molar-refractivity contribution in [3.63, 3.8) is 0 Å². The molecule has 0 bridgehead atoms. The van der Waals surface area contributed by atoms with Gasteiger partial charge in [0.1, 0.15) is 5.75 Å². The number of likely N-dealkylation sites (tertiary alicyclic amines) is 1. The van der Waals surface area contributed by atoms with Crippen LogP contribution in [0.2, 0.25) is 0 Å². The Bertz CT molecular complexity index is 537. The largest absolute Gasteiger partial charge is 0.496 e. The molecule has 6 heteroatoms. The molecule has 1 aliphatic heterocycles. The summed E-state index contributed by atoms with van der Waals surface area (Å²) in [6.45, 7) is 1.54. The van der Waals surface area contributed by atoms with Gasteiger partial charge in [0.15, 0.2) is 0 Å². The first-order valence-electron chi connectivity index (χ1n) is 7.65. The van der Waals surface area contributed by atoms with Gasteiger partial charge in [-0.15, -0.1) is 0 Å². The van der Waals surface area contributed by atoms with Crippen molar-refractivity contribution in [2.24, 2.45) is 5.73 Å². The molecule has 2 rings (SSSR count).